The minimum Gasteiger partial charge on any atom is -0.489 e. The summed E-state index contributed by atoms with van der Waals surface area (Å²) in [5.74, 6) is 0.301. The Labute approximate surface area is 145 Å². The van der Waals surface area contributed by atoms with E-state index in [4.69, 9.17) is 10.5 Å². The molecule has 25 heavy (non-hydrogen) atoms. The summed E-state index contributed by atoms with van der Waals surface area (Å²) in [5, 5.41) is 10.2. The zero-order valence-electron chi connectivity index (χ0n) is 13.6. The minimum atomic E-state index is -0.857. The molecule has 3 N–H and O–H groups in total. The van der Waals surface area contributed by atoms with Gasteiger partial charge in [0.15, 0.2) is 0 Å². The fourth-order valence-corrected chi connectivity index (χ4v) is 2.86. The van der Waals surface area contributed by atoms with Crippen molar-refractivity contribution in [2.75, 3.05) is 0 Å². The van der Waals surface area contributed by atoms with E-state index in [0.29, 0.717) is 23.8 Å². The molecule has 1 aliphatic carbocycles. The summed E-state index contributed by atoms with van der Waals surface area (Å²) in [5.41, 5.74) is 8.13. The summed E-state index contributed by atoms with van der Waals surface area (Å²) in [7, 11) is 0. The molecule has 0 aromatic heterocycles. The Kier molecular flexibility index (Phi) is 5.00. The van der Waals surface area contributed by atoms with Crippen molar-refractivity contribution >= 4 is 11.6 Å². The third-order valence-electron chi connectivity index (χ3n) is 4.16. The first kappa shape index (κ1) is 17.0. The van der Waals surface area contributed by atoms with Crippen LogP contribution in [0.15, 0.2) is 54.6 Å². The number of rotatable bonds is 5. The number of nitrogens with zero attached hydrogens (tertiary/aromatic N) is 1. The van der Waals surface area contributed by atoms with E-state index in [1.54, 1.807) is 12.1 Å². The monoisotopic (exact) mass is 342 g/mol. The average Bonchev–Trinajstić information content (AvgIpc) is 3.11. The van der Waals surface area contributed by atoms with Crippen molar-refractivity contribution in [3.63, 3.8) is 0 Å². The van der Waals surface area contributed by atoms with Crippen LogP contribution in [-0.4, -0.2) is 22.3 Å². The van der Waals surface area contributed by atoms with Crippen molar-refractivity contribution in [2.24, 2.45) is 5.73 Å². The maximum Gasteiger partial charge on any atom is 0.339 e. The van der Waals surface area contributed by atoms with Crippen molar-refractivity contribution in [3.05, 3.63) is 71.6 Å². The number of allylic oxidation sites excluding steroid dienone is 1. The lowest BCUT2D eigenvalue weighted by molar-refractivity contribution is -0.0608. The van der Waals surface area contributed by atoms with Gasteiger partial charge >= 0.3 is 6.03 Å². The van der Waals surface area contributed by atoms with E-state index < -0.39 is 12.1 Å². The number of ether oxygens (including phenoxy) is 1. The Morgan fingerprint density at radius 2 is 2.04 bits per heavy atom. The van der Waals surface area contributed by atoms with Crippen LogP contribution in [0, 0.1) is 5.82 Å². The predicted molar refractivity (Wildman–Crippen MR) is 91.4 cm³/mol. The van der Waals surface area contributed by atoms with Gasteiger partial charge in [-0.2, -0.15) is 5.06 Å². The maximum absolute atomic E-state index is 12.9. The van der Waals surface area contributed by atoms with E-state index in [0.717, 1.165) is 23.1 Å². The molecular weight excluding hydrogens is 323 g/mol. The smallest absolute Gasteiger partial charge is 0.339 e. The standard InChI is InChI=1S/C19H19FN2O3/c20-16-5-8-18(9-6-16)25-12-13-2-1-3-14(10-13)15-4-7-17(11-15)22(24)19(21)23/h1-3,5-6,8-11,17,24H,4,7,12H2,(H2,21,23). The molecule has 1 aliphatic rings. The van der Waals surface area contributed by atoms with Gasteiger partial charge in [-0.05, 0) is 59.9 Å². The Balaban J connectivity index is 1.68. The number of hydrogen-bond donors (Lipinski definition) is 2. The average molecular weight is 342 g/mol. The number of carbonyl (C=O) groups excluding carboxylic acids is 1. The fourth-order valence-electron chi connectivity index (χ4n) is 2.86. The number of primary amides is 1. The minimum absolute atomic E-state index is 0.300. The van der Waals surface area contributed by atoms with Crippen molar-refractivity contribution < 1.29 is 19.1 Å². The summed E-state index contributed by atoms with van der Waals surface area (Å²) in [6.07, 6.45) is 3.23. The van der Waals surface area contributed by atoms with Gasteiger partial charge in [-0.25, -0.2) is 9.18 Å². The number of hydrogen-bond acceptors (Lipinski definition) is 3. The number of urea groups is 1. The van der Waals surface area contributed by atoms with Crippen molar-refractivity contribution in [1.29, 1.82) is 0 Å². The van der Waals surface area contributed by atoms with E-state index in [-0.39, 0.29) is 5.82 Å². The number of benzene rings is 2. The van der Waals surface area contributed by atoms with E-state index in [9.17, 15) is 14.4 Å². The topological polar surface area (TPSA) is 75.8 Å². The van der Waals surface area contributed by atoms with Crippen molar-refractivity contribution in [1.82, 2.24) is 5.06 Å². The number of amides is 2. The van der Waals surface area contributed by atoms with Crippen LogP contribution in [0.3, 0.4) is 0 Å². The molecule has 2 aromatic rings. The highest BCUT2D eigenvalue weighted by Gasteiger charge is 2.24. The zero-order chi connectivity index (χ0) is 17.8. The first-order valence-corrected chi connectivity index (χ1v) is 7.99. The highest BCUT2D eigenvalue weighted by atomic mass is 19.1. The van der Waals surface area contributed by atoms with E-state index in [1.165, 1.54) is 12.1 Å². The molecule has 0 saturated carbocycles. The molecule has 0 saturated heterocycles. The number of carbonyl (C=O) groups is 1. The van der Waals surface area contributed by atoms with Gasteiger partial charge in [0.05, 0.1) is 6.04 Å². The Bertz CT molecular complexity index is 790. The number of nitrogens with two attached hydrogens (primary N) is 1. The summed E-state index contributed by atoms with van der Waals surface area (Å²) in [6, 6.07) is 12.5. The van der Waals surface area contributed by atoms with Crippen LogP contribution in [0.25, 0.3) is 5.57 Å². The lowest BCUT2D eigenvalue weighted by Crippen LogP contribution is -2.39. The van der Waals surface area contributed by atoms with Gasteiger partial charge in [0, 0.05) is 0 Å². The molecule has 6 heteroatoms. The van der Waals surface area contributed by atoms with Crippen molar-refractivity contribution in [3.8, 4) is 5.75 Å². The molecule has 5 nitrogen and oxygen atoms in total. The molecule has 2 amide bonds. The molecule has 2 aromatic carbocycles. The molecular formula is C19H19FN2O3. The van der Waals surface area contributed by atoms with Crippen LogP contribution >= 0.6 is 0 Å². The van der Waals surface area contributed by atoms with Crippen LogP contribution in [0.5, 0.6) is 5.75 Å². The van der Waals surface area contributed by atoms with Gasteiger partial charge in [-0.3, -0.25) is 5.21 Å². The Morgan fingerprint density at radius 3 is 2.76 bits per heavy atom. The molecule has 130 valence electrons. The number of hydroxylamine groups is 2. The van der Waals surface area contributed by atoms with Gasteiger partial charge in [0.1, 0.15) is 18.2 Å². The molecule has 0 aliphatic heterocycles. The number of halogens is 1. The summed E-state index contributed by atoms with van der Waals surface area (Å²) in [6.45, 7) is 0.365. The van der Waals surface area contributed by atoms with E-state index >= 15 is 0 Å². The first-order valence-electron chi connectivity index (χ1n) is 7.99. The molecule has 0 radical (unpaired) electrons. The van der Waals surface area contributed by atoms with E-state index in [2.05, 4.69) is 0 Å². The largest absolute Gasteiger partial charge is 0.489 e. The lowest BCUT2D eigenvalue weighted by atomic mass is 10.0. The second-order valence-corrected chi connectivity index (χ2v) is 5.92. The van der Waals surface area contributed by atoms with Crippen LogP contribution in [-0.2, 0) is 6.61 Å². The highest BCUT2D eigenvalue weighted by Crippen LogP contribution is 2.30. The van der Waals surface area contributed by atoms with Crippen LogP contribution < -0.4 is 10.5 Å². The highest BCUT2D eigenvalue weighted by molar-refractivity contribution is 5.74. The second kappa shape index (κ2) is 7.36. The molecule has 0 fully saturated rings. The van der Waals surface area contributed by atoms with Gasteiger partial charge in [-0.1, -0.05) is 24.3 Å². The van der Waals surface area contributed by atoms with Crippen LogP contribution in [0.2, 0.25) is 0 Å². The molecule has 0 bridgehead atoms. The fraction of sp³-hybridized carbons (Fsp3) is 0.211. The molecule has 1 atom stereocenters. The quantitative estimate of drug-likeness (QED) is 0.642. The van der Waals surface area contributed by atoms with Crippen LogP contribution in [0.4, 0.5) is 9.18 Å². The summed E-state index contributed by atoms with van der Waals surface area (Å²) < 4.78 is 18.6. The van der Waals surface area contributed by atoms with Gasteiger partial charge in [0.2, 0.25) is 0 Å². The molecule has 3 rings (SSSR count). The molecule has 0 heterocycles. The predicted octanol–water partition coefficient (Wildman–Crippen LogP) is 3.72. The molecule has 0 spiro atoms. The third-order valence-corrected chi connectivity index (χ3v) is 4.16. The lowest BCUT2D eigenvalue weighted by Gasteiger charge is -2.17. The Morgan fingerprint density at radius 1 is 1.28 bits per heavy atom. The summed E-state index contributed by atoms with van der Waals surface area (Å²) >= 11 is 0. The zero-order valence-corrected chi connectivity index (χ0v) is 13.6. The SMILES string of the molecule is NC(=O)N(O)C1C=C(c2cccc(COc3ccc(F)cc3)c2)CC1. The van der Waals surface area contributed by atoms with Gasteiger partial charge in [0.25, 0.3) is 0 Å². The van der Waals surface area contributed by atoms with Gasteiger partial charge < -0.3 is 10.5 Å². The summed E-state index contributed by atoms with van der Waals surface area (Å²) in [4.78, 5) is 11.1. The first-order chi connectivity index (χ1) is 12.0. The van der Waals surface area contributed by atoms with Gasteiger partial charge in [-0.15, -0.1) is 0 Å². The maximum atomic E-state index is 12.9. The molecule has 1 unspecified atom stereocenters. The Hall–Kier alpha value is -2.86. The third kappa shape index (κ3) is 4.16. The second-order valence-electron chi connectivity index (χ2n) is 5.92. The van der Waals surface area contributed by atoms with Crippen LogP contribution in [0.1, 0.15) is 24.0 Å². The van der Waals surface area contributed by atoms with Crippen molar-refractivity contribution in [2.45, 2.75) is 25.5 Å². The normalized spacial score (nSPS) is 16.4. The van der Waals surface area contributed by atoms with E-state index in [1.807, 2.05) is 30.3 Å².